The maximum Gasteiger partial charge on any atom is 0.491 e. The Labute approximate surface area is 143 Å². The number of methoxy groups -OCH3 is 1. The zero-order valence-corrected chi connectivity index (χ0v) is 15.2. The highest BCUT2D eigenvalue weighted by atomic mass is 16.7. The summed E-state index contributed by atoms with van der Waals surface area (Å²) in [6.07, 6.45) is 3.42. The van der Waals surface area contributed by atoms with Crippen LogP contribution in [0.15, 0.2) is 23.8 Å². The smallest absolute Gasteiger partial charge is 0.465 e. The monoisotopic (exact) mass is 332 g/mol. The van der Waals surface area contributed by atoms with E-state index in [1.807, 2.05) is 40.8 Å². The lowest BCUT2D eigenvalue weighted by atomic mass is 9.77. The van der Waals surface area contributed by atoms with Crippen molar-refractivity contribution in [2.75, 3.05) is 20.7 Å². The fourth-order valence-corrected chi connectivity index (χ4v) is 2.32. The van der Waals surface area contributed by atoms with Gasteiger partial charge in [-0.1, -0.05) is 0 Å². The van der Waals surface area contributed by atoms with E-state index in [0.29, 0.717) is 12.1 Å². The van der Waals surface area contributed by atoms with E-state index in [9.17, 15) is 4.79 Å². The van der Waals surface area contributed by atoms with Crippen LogP contribution in [0.3, 0.4) is 0 Å². The van der Waals surface area contributed by atoms with Crippen molar-refractivity contribution in [1.82, 2.24) is 10.3 Å². The molecule has 130 valence electrons. The van der Waals surface area contributed by atoms with E-state index in [1.54, 1.807) is 12.1 Å². The number of carbonyl (C=O) groups is 1. The number of hydrogen-bond acceptors (Lipinski definition) is 6. The zero-order valence-electron chi connectivity index (χ0n) is 15.2. The fraction of sp³-hybridized carbons (Fsp3) is 0.529. The molecular formula is C17H25BN2O4. The van der Waals surface area contributed by atoms with Gasteiger partial charge < -0.3 is 19.4 Å². The zero-order chi connectivity index (χ0) is 18.0. The lowest BCUT2D eigenvalue weighted by Crippen LogP contribution is -2.41. The summed E-state index contributed by atoms with van der Waals surface area (Å²) < 4.78 is 16.9. The second-order valence-corrected chi connectivity index (χ2v) is 6.80. The predicted molar refractivity (Wildman–Crippen MR) is 93.6 cm³/mol. The molecule has 0 unspecified atom stereocenters. The first-order valence-corrected chi connectivity index (χ1v) is 7.95. The van der Waals surface area contributed by atoms with E-state index in [2.05, 4.69) is 15.0 Å². The molecule has 1 saturated heterocycles. The van der Waals surface area contributed by atoms with Gasteiger partial charge in [0.1, 0.15) is 0 Å². The largest absolute Gasteiger partial charge is 0.491 e. The molecule has 2 rings (SSSR count). The van der Waals surface area contributed by atoms with Crippen LogP contribution < -0.4 is 5.32 Å². The molecular weight excluding hydrogens is 307 g/mol. The highest BCUT2D eigenvalue weighted by Crippen LogP contribution is 2.38. The summed E-state index contributed by atoms with van der Waals surface area (Å²) >= 11 is 0. The van der Waals surface area contributed by atoms with Crippen LogP contribution in [0, 0.1) is 0 Å². The van der Waals surface area contributed by atoms with E-state index in [-0.39, 0.29) is 0 Å². The van der Waals surface area contributed by atoms with Gasteiger partial charge in [0.15, 0.2) is 0 Å². The summed E-state index contributed by atoms with van der Waals surface area (Å²) in [6, 6.07) is 3.46. The normalized spacial score (nSPS) is 19.4. The van der Waals surface area contributed by atoms with Gasteiger partial charge in [0, 0.05) is 12.7 Å². The molecule has 1 aromatic rings. The third kappa shape index (κ3) is 3.86. The lowest BCUT2D eigenvalue weighted by molar-refractivity contribution is 0.00578. The molecule has 1 aliphatic rings. The highest BCUT2D eigenvalue weighted by Gasteiger charge is 2.52. The van der Waals surface area contributed by atoms with E-state index in [0.717, 1.165) is 11.2 Å². The Morgan fingerprint density at radius 1 is 1.29 bits per heavy atom. The first kappa shape index (κ1) is 18.6. The summed E-state index contributed by atoms with van der Waals surface area (Å²) in [5.41, 5.74) is 1.29. The van der Waals surface area contributed by atoms with Gasteiger partial charge in [-0.3, -0.25) is 4.98 Å². The molecule has 1 aliphatic heterocycles. The van der Waals surface area contributed by atoms with E-state index in [1.165, 1.54) is 13.3 Å². The van der Waals surface area contributed by atoms with Crippen LogP contribution in [0.2, 0.25) is 0 Å². The SMILES string of the molecule is CNCC(=Cc1ccc(C(=O)OC)cn1)B1OC(C)(C)C(C)(C)O1. The van der Waals surface area contributed by atoms with Crippen LogP contribution in [0.1, 0.15) is 43.7 Å². The third-order valence-electron chi connectivity index (χ3n) is 4.48. The van der Waals surface area contributed by atoms with Crippen LogP contribution in [-0.4, -0.2) is 50.0 Å². The fourth-order valence-electron chi connectivity index (χ4n) is 2.32. The highest BCUT2D eigenvalue weighted by molar-refractivity contribution is 6.55. The number of carbonyl (C=O) groups excluding carboxylic acids is 1. The van der Waals surface area contributed by atoms with Crippen LogP contribution in [0.4, 0.5) is 0 Å². The Balaban J connectivity index is 2.24. The number of esters is 1. The van der Waals surface area contributed by atoms with Gasteiger partial charge in [-0.2, -0.15) is 0 Å². The first-order valence-electron chi connectivity index (χ1n) is 7.95. The van der Waals surface area contributed by atoms with E-state index < -0.39 is 24.3 Å². The summed E-state index contributed by atoms with van der Waals surface area (Å²) in [7, 11) is 2.77. The number of hydrogen-bond donors (Lipinski definition) is 1. The molecule has 1 aromatic heterocycles. The minimum absolute atomic E-state index is 0.396. The van der Waals surface area contributed by atoms with E-state index >= 15 is 0 Å². The van der Waals surface area contributed by atoms with Gasteiger partial charge in [-0.05, 0) is 58.4 Å². The van der Waals surface area contributed by atoms with Gasteiger partial charge in [0.05, 0.1) is 29.6 Å². The molecule has 1 fully saturated rings. The molecule has 2 heterocycles. The molecule has 0 saturated carbocycles. The number of likely N-dealkylation sites (N-methyl/N-ethyl adjacent to an activating group) is 1. The maximum absolute atomic E-state index is 11.5. The second kappa shape index (κ2) is 7.05. The lowest BCUT2D eigenvalue weighted by Gasteiger charge is -2.32. The number of ether oxygens (including phenoxy) is 1. The van der Waals surface area contributed by atoms with Crippen molar-refractivity contribution in [3.05, 3.63) is 35.1 Å². The number of nitrogens with zero attached hydrogens (tertiary/aromatic N) is 1. The Morgan fingerprint density at radius 3 is 2.38 bits per heavy atom. The standard InChI is InChI=1S/C17H25BN2O4/c1-16(2)17(3,4)24-18(23-16)13(11-19-5)9-14-8-7-12(10-20-14)15(21)22-6/h7-10,19H,11H2,1-6H3. The van der Waals surface area contributed by atoms with Crippen molar-refractivity contribution in [3.8, 4) is 0 Å². The Hall–Kier alpha value is -1.70. The molecule has 0 bridgehead atoms. The Morgan fingerprint density at radius 2 is 1.92 bits per heavy atom. The Bertz CT molecular complexity index is 610. The first-order chi connectivity index (χ1) is 11.2. The van der Waals surface area contributed by atoms with Gasteiger partial charge in [-0.25, -0.2) is 4.79 Å². The average molecular weight is 332 g/mol. The predicted octanol–water partition coefficient (Wildman–Crippen LogP) is 2.10. The maximum atomic E-state index is 11.5. The average Bonchev–Trinajstić information content (AvgIpc) is 2.75. The molecule has 0 aromatic carbocycles. The molecule has 0 amide bonds. The van der Waals surface area contributed by atoms with Crippen molar-refractivity contribution in [1.29, 1.82) is 0 Å². The molecule has 0 atom stereocenters. The summed E-state index contributed by atoms with van der Waals surface area (Å²) in [6.45, 7) is 8.69. The summed E-state index contributed by atoms with van der Waals surface area (Å²) in [5, 5.41) is 3.13. The van der Waals surface area contributed by atoms with Crippen molar-refractivity contribution < 1.29 is 18.8 Å². The minimum atomic E-state index is -0.440. The van der Waals surface area contributed by atoms with Crippen molar-refractivity contribution >= 4 is 19.2 Å². The topological polar surface area (TPSA) is 69.7 Å². The van der Waals surface area contributed by atoms with Crippen LogP contribution in [0.25, 0.3) is 6.08 Å². The third-order valence-corrected chi connectivity index (χ3v) is 4.48. The minimum Gasteiger partial charge on any atom is -0.465 e. The second-order valence-electron chi connectivity index (χ2n) is 6.80. The number of rotatable bonds is 5. The molecule has 0 spiro atoms. The van der Waals surface area contributed by atoms with Gasteiger partial charge >= 0.3 is 13.1 Å². The molecule has 1 N–H and O–H groups in total. The quantitative estimate of drug-likeness (QED) is 0.658. The Kier molecular flexibility index (Phi) is 5.47. The number of aromatic nitrogens is 1. The van der Waals surface area contributed by atoms with Crippen LogP contribution >= 0.6 is 0 Å². The van der Waals surface area contributed by atoms with Crippen molar-refractivity contribution in [2.24, 2.45) is 0 Å². The molecule has 0 aliphatic carbocycles. The molecule has 7 heteroatoms. The molecule has 6 nitrogen and oxygen atoms in total. The van der Waals surface area contributed by atoms with Gasteiger partial charge in [-0.15, -0.1) is 0 Å². The number of nitrogens with one attached hydrogen (secondary N) is 1. The van der Waals surface area contributed by atoms with Crippen molar-refractivity contribution in [3.63, 3.8) is 0 Å². The molecule has 0 radical (unpaired) electrons. The summed E-state index contributed by atoms with van der Waals surface area (Å²) in [4.78, 5) is 15.8. The van der Waals surface area contributed by atoms with Crippen molar-refractivity contribution in [2.45, 2.75) is 38.9 Å². The van der Waals surface area contributed by atoms with Crippen LogP contribution in [0.5, 0.6) is 0 Å². The van der Waals surface area contributed by atoms with Gasteiger partial charge in [0.2, 0.25) is 0 Å². The molecule has 24 heavy (non-hydrogen) atoms. The summed E-state index contributed by atoms with van der Waals surface area (Å²) in [5.74, 6) is -0.403. The van der Waals surface area contributed by atoms with E-state index in [4.69, 9.17) is 9.31 Å². The number of pyridine rings is 1. The van der Waals surface area contributed by atoms with Gasteiger partial charge in [0.25, 0.3) is 0 Å². The van der Waals surface area contributed by atoms with Crippen LogP contribution in [-0.2, 0) is 14.0 Å².